The van der Waals surface area contributed by atoms with E-state index in [-0.39, 0.29) is 18.0 Å². The van der Waals surface area contributed by atoms with Crippen LogP contribution in [0.5, 0.6) is 5.75 Å². The molecule has 2 heterocycles. The predicted molar refractivity (Wildman–Crippen MR) is 132 cm³/mol. The van der Waals surface area contributed by atoms with Crippen LogP contribution in [0.4, 0.5) is 25.0 Å². The highest BCUT2D eigenvalue weighted by molar-refractivity contribution is 8.01. The molecule has 6 nitrogen and oxygen atoms in total. The molecule has 35 heavy (non-hydrogen) atoms. The van der Waals surface area contributed by atoms with Gasteiger partial charge in [0.05, 0.1) is 19.3 Å². The molecular weight excluding hydrogens is 472 g/mol. The molecule has 0 unspecified atom stereocenters. The number of carbonyl (C=O) groups is 2. The van der Waals surface area contributed by atoms with Gasteiger partial charge in [-0.25, -0.2) is 13.6 Å². The Labute approximate surface area is 205 Å². The fourth-order valence-corrected chi connectivity index (χ4v) is 6.05. The smallest absolute Gasteiger partial charge is 0.323 e. The van der Waals surface area contributed by atoms with Gasteiger partial charge in [-0.15, -0.1) is 11.8 Å². The Morgan fingerprint density at radius 3 is 2.74 bits per heavy atom. The molecule has 5 rings (SSSR count). The number of rotatable bonds is 4. The molecule has 1 N–H and O–H groups in total. The monoisotopic (exact) mass is 495 g/mol. The molecule has 3 amide bonds. The lowest BCUT2D eigenvalue weighted by atomic mass is 10.0. The molecule has 9 heteroatoms. The van der Waals surface area contributed by atoms with Crippen molar-refractivity contribution in [3.63, 3.8) is 0 Å². The van der Waals surface area contributed by atoms with E-state index in [9.17, 15) is 18.4 Å². The van der Waals surface area contributed by atoms with Crippen molar-refractivity contribution < 1.29 is 23.1 Å². The highest BCUT2D eigenvalue weighted by Gasteiger charge is 2.59. The number of thioether (sulfide) groups is 1. The first-order chi connectivity index (χ1) is 16.8. The van der Waals surface area contributed by atoms with Crippen LogP contribution in [0.3, 0.4) is 0 Å². The number of benzene rings is 3. The molecule has 1 atom stereocenters. The van der Waals surface area contributed by atoms with Crippen molar-refractivity contribution in [2.45, 2.75) is 18.3 Å². The van der Waals surface area contributed by atoms with Crippen LogP contribution in [0.25, 0.3) is 0 Å². The van der Waals surface area contributed by atoms with E-state index in [0.717, 1.165) is 11.6 Å². The number of fused-ring (bicyclic) bond motifs is 2. The molecule has 0 saturated carbocycles. The van der Waals surface area contributed by atoms with Gasteiger partial charge in [-0.2, -0.15) is 0 Å². The molecule has 0 bridgehead atoms. The van der Waals surface area contributed by atoms with Gasteiger partial charge < -0.3 is 15.0 Å². The molecule has 2 aliphatic rings. The normalized spacial score (nSPS) is 18.8. The Morgan fingerprint density at radius 1 is 1.14 bits per heavy atom. The standard InChI is InChI=1S/C26H23F2N3O3S/c1-16-6-9-23-21(12-16)26(24(32)30(23)15-17-7-8-18(27)13-22(17)28)31(10-11-35-26)25(33)29-19-4-3-5-20(14-19)34-2/h3-9,12-14H,10-11,15H2,1-2H3,(H,29,33)/t26-/m1/s1. The minimum Gasteiger partial charge on any atom is -0.497 e. The van der Waals surface area contributed by atoms with E-state index in [0.29, 0.717) is 35.0 Å². The minimum absolute atomic E-state index is 0.0747. The zero-order valence-corrected chi connectivity index (χ0v) is 20.0. The fraction of sp³-hybridized carbons (Fsp3) is 0.231. The zero-order chi connectivity index (χ0) is 24.7. The van der Waals surface area contributed by atoms with Crippen LogP contribution in [-0.2, 0) is 16.2 Å². The van der Waals surface area contributed by atoms with Crippen LogP contribution in [0.2, 0.25) is 0 Å². The SMILES string of the molecule is COc1cccc(NC(=O)N2CCS[C@]23C(=O)N(Cc2ccc(F)cc2F)c2ccc(C)cc23)c1. The molecule has 3 aromatic rings. The second-order valence-electron chi connectivity index (χ2n) is 8.45. The van der Waals surface area contributed by atoms with E-state index in [1.807, 2.05) is 25.1 Å². The average Bonchev–Trinajstić information content (AvgIpc) is 3.38. The number of amides is 3. The maximum Gasteiger partial charge on any atom is 0.323 e. The summed E-state index contributed by atoms with van der Waals surface area (Å²) in [6, 6.07) is 15.5. The van der Waals surface area contributed by atoms with Gasteiger partial charge in [0, 0.05) is 41.2 Å². The third-order valence-electron chi connectivity index (χ3n) is 6.26. The second kappa shape index (κ2) is 8.88. The largest absolute Gasteiger partial charge is 0.497 e. The van der Waals surface area contributed by atoms with Crippen molar-refractivity contribution in [3.05, 3.63) is 89.0 Å². The van der Waals surface area contributed by atoms with Gasteiger partial charge in [-0.05, 0) is 31.2 Å². The summed E-state index contributed by atoms with van der Waals surface area (Å²) in [5.74, 6) is -0.579. The summed E-state index contributed by atoms with van der Waals surface area (Å²) in [6.07, 6.45) is 0. The summed E-state index contributed by atoms with van der Waals surface area (Å²) in [7, 11) is 1.54. The number of nitrogens with zero attached hydrogens (tertiary/aromatic N) is 2. The highest BCUT2D eigenvalue weighted by Crippen LogP contribution is 2.54. The summed E-state index contributed by atoms with van der Waals surface area (Å²) in [4.78, 5) is 29.2. The zero-order valence-electron chi connectivity index (χ0n) is 19.2. The second-order valence-corrected chi connectivity index (χ2v) is 9.74. The number of nitrogens with one attached hydrogen (secondary N) is 1. The summed E-state index contributed by atoms with van der Waals surface area (Å²) in [6.45, 7) is 2.20. The summed E-state index contributed by atoms with van der Waals surface area (Å²) in [5.41, 5.74) is 2.97. The molecule has 0 aromatic heterocycles. The number of hydrogen-bond acceptors (Lipinski definition) is 4. The topological polar surface area (TPSA) is 61.9 Å². The van der Waals surface area contributed by atoms with E-state index in [1.165, 1.54) is 28.8 Å². The van der Waals surface area contributed by atoms with Gasteiger partial charge in [0.2, 0.25) is 0 Å². The van der Waals surface area contributed by atoms with Gasteiger partial charge in [0.15, 0.2) is 4.87 Å². The van der Waals surface area contributed by atoms with Crippen molar-refractivity contribution in [1.82, 2.24) is 4.90 Å². The highest BCUT2D eigenvalue weighted by atomic mass is 32.2. The molecule has 1 fully saturated rings. The van der Waals surface area contributed by atoms with Crippen LogP contribution in [0, 0.1) is 18.6 Å². The number of hydrogen-bond donors (Lipinski definition) is 1. The predicted octanol–water partition coefficient (Wildman–Crippen LogP) is 5.26. The number of carbonyl (C=O) groups excluding carboxylic acids is 2. The number of methoxy groups -OCH3 is 1. The van der Waals surface area contributed by atoms with Crippen LogP contribution in [-0.4, -0.2) is 36.2 Å². The van der Waals surface area contributed by atoms with Crippen LogP contribution >= 0.6 is 11.8 Å². The minimum atomic E-state index is -1.28. The third kappa shape index (κ3) is 3.89. The van der Waals surface area contributed by atoms with Gasteiger partial charge in [0.25, 0.3) is 5.91 Å². The fourth-order valence-electron chi connectivity index (χ4n) is 4.60. The average molecular weight is 496 g/mol. The van der Waals surface area contributed by atoms with E-state index < -0.39 is 22.5 Å². The maximum absolute atomic E-state index is 14.5. The number of anilines is 2. The van der Waals surface area contributed by atoms with Crippen molar-refractivity contribution in [1.29, 1.82) is 0 Å². The number of ether oxygens (including phenoxy) is 1. The molecule has 180 valence electrons. The van der Waals surface area contributed by atoms with E-state index in [1.54, 1.807) is 36.3 Å². The molecule has 0 aliphatic carbocycles. The Kier molecular flexibility index (Phi) is 5.88. The summed E-state index contributed by atoms with van der Waals surface area (Å²) < 4.78 is 33.2. The van der Waals surface area contributed by atoms with E-state index in [2.05, 4.69) is 5.32 Å². The first kappa shape index (κ1) is 23.2. The first-order valence-corrected chi connectivity index (χ1v) is 12.1. The molecule has 1 saturated heterocycles. The van der Waals surface area contributed by atoms with Crippen molar-refractivity contribution in [3.8, 4) is 5.75 Å². The molecule has 3 aromatic carbocycles. The van der Waals surface area contributed by atoms with Crippen molar-refractivity contribution in [2.24, 2.45) is 0 Å². The van der Waals surface area contributed by atoms with E-state index in [4.69, 9.17) is 4.74 Å². The molecule has 0 radical (unpaired) electrons. The maximum atomic E-state index is 14.5. The Bertz CT molecular complexity index is 1330. The lowest BCUT2D eigenvalue weighted by molar-refractivity contribution is -0.123. The summed E-state index contributed by atoms with van der Waals surface area (Å²) >= 11 is 1.38. The van der Waals surface area contributed by atoms with Gasteiger partial charge in [-0.3, -0.25) is 9.69 Å². The Balaban J connectivity index is 1.52. The quantitative estimate of drug-likeness (QED) is 0.536. The molecule has 1 spiro atoms. The molecule has 2 aliphatic heterocycles. The van der Waals surface area contributed by atoms with Gasteiger partial charge in [0.1, 0.15) is 17.4 Å². The lowest BCUT2D eigenvalue weighted by Crippen LogP contribution is -2.51. The van der Waals surface area contributed by atoms with Crippen molar-refractivity contribution >= 4 is 35.1 Å². The number of urea groups is 1. The van der Waals surface area contributed by atoms with E-state index >= 15 is 0 Å². The van der Waals surface area contributed by atoms with Crippen LogP contribution < -0.4 is 15.0 Å². The van der Waals surface area contributed by atoms with Crippen LogP contribution in [0.15, 0.2) is 60.7 Å². The van der Waals surface area contributed by atoms with Crippen LogP contribution in [0.1, 0.15) is 16.7 Å². The number of halogens is 2. The first-order valence-electron chi connectivity index (χ1n) is 11.1. The third-order valence-corrected chi connectivity index (χ3v) is 7.68. The van der Waals surface area contributed by atoms with Gasteiger partial charge in [-0.1, -0.05) is 29.8 Å². The summed E-state index contributed by atoms with van der Waals surface area (Å²) in [5, 5.41) is 2.88. The Morgan fingerprint density at radius 2 is 1.97 bits per heavy atom. The lowest BCUT2D eigenvalue weighted by Gasteiger charge is -2.33. The number of aryl methyl sites for hydroxylation is 1. The molecular formula is C26H23F2N3O3S. The van der Waals surface area contributed by atoms with Crippen molar-refractivity contribution in [2.75, 3.05) is 29.6 Å². The van der Waals surface area contributed by atoms with Gasteiger partial charge >= 0.3 is 6.03 Å². The Hall–Kier alpha value is -3.59.